The van der Waals surface area contributed by atoms with Crippen molar-refractivity contribution in [2.24, 2.45) is 5.73 Å². The van der Waals surface area contributed by atoms with Crippen LogP contribution in [0.1, 0.15) is 15.9 Å². The van der Waals surface area contributed by atoms with E-state index in [-0.39, 0.29) is 5.91 Å². The van der Waals surface area contributed by atoms with E-state index in [0.29, 0.717) is 17.1 Å². The van der Waals surface area contributed by atoms with Gasteiger partial charge in [-0.25, -0.2) is 0 Å². The van der Waals surface area contributed by atoms with Gasteiger partial charge in [-0.2, -0.15) is 0 Å². The molecule has 2 aromatic rings. The van der Waals surface area contributed by atoms with Crippen molar-refractivity contribution in [3.05, 3.63) is 64.7 Å². The standard InChI is InChI=1S/C14H13ClN2O/c15-12-5-3-11(4-6-12)14(18)17-13-7-1-10(9-16)2-8-13/h1-8H,9,16H2,(H,17,18). The molecule has 4 heteroatoms. The average molecular weight is 261 g/mol. The molecule has 0 fully saturated rings. The van der Waals surface area contributed by atoms with Gasteiger partial charge in [0.25, 0.3) is 5.91 Å². The second-order valence-electron chi connectivity index (χ2n) is 3.86. The molecule has 0 saturated carbocycles. The van der Waals surface area contributed by atoms with Crippen LogP contribution in [0.2, 0.25) is 5.02 Å². The molecule has 0 radical (unpaired) electrons. The first-order chi connectivity index (χ1) is 8.69. The predicted octanol–water partition coefficient (Wildman–Crippen LogP) is 3.05. The van der Waals surface area contributed by atoms with Crippen molar-refractivity contribution in [2.75, 3.05) is 5.32 Å². The third-order valence-corrected chi connectivity index (χ3v) is 2.81. The summed E-state index contributed by atoms with van der Waals surface area (Å²) in [5.41, 5.74) is 7.85. The average Bonchev–Trinajstić information content (AvgIpc) is 2.40. The number of anilines is 1. The van der Waals surface area contributed by atoms with Crippen molar-refractivity contribution < 1.29 is 4.79 Å². The molecule has 18 heavy (non-hydrogen) atoms. The van der Waals surface area contributed by atoms with Crippen LogP contribution in [-0.4, -0.2) is 5.91 Å². The largest absolute Gasteiger partial charge is 0.326 e. The van der Waals surface area contributed by atoms with E-state index in [9.17, 15) is 4.79 Å². The van der Waals surface area contributed by atoms with E-state index in [1.165, 1.54) is 0 Å². The molecule has 3 nitrogen and oxygen atoms in total. The molecule has 0 heterocycles. The Bertz CT molecular complexity index is 535. The van der Waals surface area contributed by atoms with E-state index in [1.54, 1.807) is 24.3 Å². The maximum absolute atomic E-state index is 11.9. The number of hydrogen-bond donors (Lipinski definition) is 2. The molecule has 1 amide bonds. The summed E-state index contributed by atoms with van der Waals surface area (Å²) < 4.78 is 0. The summed E-state index contributed by atoms with van der Waals surface area (Å²) in [6, 6.07) is 14.2. The molecule has 92 valence electrons. The summed E-state index contributed by atoms with van der Waals surface area (Å²) in [5, 5.41) is 3.42. The molecule has 0 aliphatic rings. The Kier molecular flexibility index (Phi) is 3.97. The molecule has 0 aromatic heterocycles. The van der Waals surface area contributed by atoms with Gasteiger partial charge in [0.2, 0.25) is 0 Å². The molecule has 3 N–H and O–H groups in total. The van der Waals surface area contributed by atoms with E-state index < -0.39 is 0 Å². The van der Waals surface area contributed by atoms with Gasteiger partial charge in [-0.05, 0) is 42.0 Å². The van der Waals surface area contributed by atoms with Crippen molar-refractivity contribution in [2.45, 2.75) is 6.54 Å². The molecule has 2 aromatic carbocycles. The number of rotatable bonds is 3. The summed E-state index contributed by atoms with van der Waals surface area (Å²) in [6.07, 6.45) is 0. The van der Waals surface area contributed by atoms with Gasteiger partial charge >= 0.3 is 0 Å². The van der Waals surface area contributed by atoms with Crippen LogP contribution in [0, 0.1) is 0 Å². The zero-order chi connectivity index (χ0) is 13.0. The summed E-state index contributed by atoms with van der Waals surface area (Å²) in [6.45, 7) is 0.491. The molecule has 0 spiro atoms. The first kappa shape index (κ1) is 12.6. The molecule has 0 aliphatic carbocycles. The second kappa shape index (κ2) is 5.67. The number of nitrogens with two attached hydrogens (primary N) is 1. The molecule has 0 unspecified atom stereocenters. The molecular weight excluding hydrogens is 248 g/mol. The normalized spacial score (nSPS) is 10.1. The van der Waals surface area contributed by atoms with Gasteiger partial charge in [0.05, 0.1) is 0 Å². The quantitative estimate of drug-likeness (QED) is 0.891. The zero-order valence-corrected chi connectivity index (χ0v) is 10.4. The third-order valence-electron chi connectivity index (χ3n) is 2.55. The first-order valence-electron chi connectivity index (χ1n) is 5.55. The molecule has 0 aliphatic heterocycles. The fraction of sp³-hybridized carbons (Fsp3) is 0.0714. The van der Waals surface area contributed by atoms with Gasteiger partial charge in [0.1, 0.15) is 0 Å². The van der Waals surface area contributed by atoms with Crippen LogP contribution in [0.4, 0.5) is 5.69 Å². The van der Waals surface area contributed by atoms with Gasteiger partial charge in [0, 0.05) is 22.8 Å². The summed E-state index contributed by atoms with van der Waals surface area (Å²) in [5.74, 6) is -0.160. The predicted molar refractivity (Wildman–Crippen MR) is 73.7 cm³/mol. The van der Waals surface area contributed by atoms with Crippen LogP contribution in [0.3, 0.4) is 0 Å². The van der Waals surface area contributed by atoms with Crippen molar-refractivity contribution in [3.63, 3.8) is 0 Å². The fourth-order valence-corrected chi connectivity index (χ4v) is 1.65. The highest BCUT2D eigenvalue weighted by Crippen LogP contribution is 2.13. The Morgan fingerprint density at radius 2 is 1.67 bits per heavy atom. The Balaban J connectivity index is 2.08. The lowest BCUT2D eigenvalue weighted by Crippen LogP contribution is -2.11. The topological polar surface area (TPSA) is 55.1 Å². The number of carbonyl (C=O) groups is 1. The van der Waals surface area contributed by atoms with Crippen LogP contribution in [0.5, 0.6) is 0 Å². The van der Waals surface area contributed by atoms with Gasteiger partial charge in [-0.15, -0.1) is 0 Å². The van der Waals surface area contributed by atoms with Crippen molar-refractivity contribution in [1.29, 1.82) is 0 Å². The van der Waals surface area contributed by atoms with Crippen molar-refractivity contribution >= 4 is 23.2 Å². The number of hydrogen-bond acceptors (Lipinski definition) is 2. The molecular formula is C14H13ClN2O. The van der Waals surface area contributed by atoms with Crippen molar-refractivity contribution in [3.8, 4) is 0 Å². The van der Waals surface area contributed by atoms with Crippen LogP contribution in [0.25, 0.3) is 0 Å². The van der Waals surface area contributed by atoms with Crippen LogP contribution in [-0.2, 0) is 6.54 Å². The van der Waals surface area contributed by atoms with Gasteiger partial charge < -0.3 is 11.1 Å². The number of benzene rings is 2. The highest BCUT2D eigenvalue weighted by molar-refractivity contribution is 6.30. The van der Waals surface area contributed by atoms with Crippen LogP contribution < -0.4 is 11.1 Å². The number of nitrogens with one attached hydrogen (secondary N) is 1. The lowest BCUT2D eigenvalue weighted by Gasteiger charge is -2.06. The lowest BCUT2D eigenvalue weighted by atomic mass is 10.2. The maximum Gasteiger partial charge on any atom is 0.255 e. The Morgan fingerprint density at radius 1 is 1.06 bits per heavy atom. The van der Waals surface area contributed by atoms with Crippen LogP contribution in [0.15, 0.2) is 48.5 Å². The smallest absolute Gasteiger partial charge is 0.255 e. The Labute approximate surface area is 111 Å². The SMILES string of the molecule is NCc1ccc(NC(=O)c2ccc(Cl)cc2)cc1. The fourth-order valence-electron chi connectivity index (χ4n) is 1.53. The van der Waals surface area contributed by atoms with Gasteiger partial charge in [-0.3, -0.25) is 4.79 Å². The Hall–Kier alpha value is -1.84. The van der Waals surface area contributed by atoms with E-state index >= 15 is 0 Å². The lowest BCUT2D eigenvalue weighted by molar-refractivity contribution is 0.102. The number of carbonyl (C=O) groups excluding carboxylic acids is 1. The number of amides is 1. The maximum atomic E-state index is 11.9. The van der Waals surface area contributed by atoms with Crippen LogP contribution >= 0.6 is 11.6 Å². The summed E-state index contributed by atoms with van der Waals surface area (Å²) in [7, 11) is 0. The highest BCUT2D eigenvalue weighted by Gasteiger charge is 2.05. The van der Waals surface area contributed by atoms with E-state index in [4.69, 9.17) is 17.3 Å². The molecule has 2 rings (SSSR count). The first-order valence-corrected chi connectivity index (χ1v) is 5.93. The third kappa shape index (κ3) is 3.09. The second-order valence-corrected chi connectivity index (χ2v) is 4.30. The number of halogens is 1. The minimum absolute atomic E-state index is 0.160. The summed E-state index contributed by atoms with van der Waals surface area (Å²) >= 11 is 5.77. The minimum Gasteiger partial charge on any atom is -0.326 e. The minimum atomic E-state index is -0.160. The highest BCUT2D eigenvalue weighted by atomic mass is 35.5. The van der Waals surface area contributed by atoms with E-state index in [1.807, 2.05) is 24.3 Å². The molecule has 0 atom stereocenters. The van der Waals surface area contributed by atoms with Gasteiger partial charge in [-0.1, -0.05) is 23.7 Å². The Morgan fingerprint density at radius 3 is 2.22 bits per heavy atom. The van der Waals surface area contributed by atoms with E-state index in [0.717, 1.165) is 11.3 Å². The van der Waals surface area contributed by atoms with E-state index in [2.05, 4.69) is 5.32 Å². The van der Waals surface area contributed by atoms with Gasteiger partial charge in [0.15, 0.2) is 0 Å². The molecule has 0 saturated heterocycles. The summed E-state index contributed by atoms with van der Waals surface area (Å²) in [4.78, 5) is 11.9. The zero-order valence-electron chi connectivity index (χ0n) is 9.69. The van der Waals surface area contributed by atoms with Crippen molar-refractivity contribution in [1.82, 2.24) is 0 Å². The monoisotopic (exact) mass is 260 g/mol. The molecule has 0 bridgehead atoms.